The monoisotopic (exact) mass is 488 g/mol. The van der Waals surface area contributed by atoms with Crippen molar-refractivity contribution in [1.29, 1.82) is 0 Å². The van der Waals surface area contributed by atoms with Crippen molar-refractivity contribution in [2.45, 2.75) is 50.3 Å². The van der Waals surface area contributed by atoms with Crippen molar-refractivity contribution in [3.8, 4) is 11.5 Å². The number of aliphatic hydroxyl groups is 3. The van der Waals surface area contributed by atoms with Crippen LogP contribution in [0.1, 0.15) is 30.4 Å². The fourth-order valence-electron chi connectivity index (χ4n) is 4.38. The minimum absolute atomic E-state index is 0.0271. The average molecular weight is 488 g/mol. The zero-order valence-electron chi connectivity index (χ0n) is 18.6. The number of benzene rings is 1. The summed E-state index contributed by atoms with van der Waals surface area (Å²) in [5.41, 5.74) is 0.813. The summed E-state index contributed by atoms with van der Waals surface area (Å²) in [5.74, 6) is -2.07. The van der Waals surface area contributed by atoms with Crippen LogP contribution in [0.3, 0.4) is 0 Å². The predicted molar refractivity (Wildman–Crippen MR) is 112 cm³/mol. The van der Waals surface area contributed by atoms with Gasteiger partial charge in [0.15, 0.2) is 11.5 Å². The maximum absolute atomic E-state index is 13.3. The van der Waals surface area contributed by atoms with E-state index in [1.54, 1.807) is 6.07 Å². The Morgan fingerprint density at radius 1 is 1.26 bits per heavy atom. The van der Waals surface area contributed by atoms with Crippen molar-refractivity contribution >= 4 is 11.8 Å². The molecule has 4 N–H and O–H groups in total. The van der Waals surface area contributed by atoms with E-state index in [9.17, 15) is 33.0 Å². The third-order valence-corrected chi connectivity index (χ3v) is 5.83. The molecule has 2 amide bonds. The van der Waals surface area contributed by atoms with Gasteiger partial charge in [-0.25, -0.2) is 0 Å². The van der Waals surface area contributed by atoms with Crippen LogP contribution in [0.4, 0.5) is 13.2 Å². The fourth-order valence-corrected chi connectivity index (χ4v) is 4.38. The lowest BCUT2D eigenvalue weighted by molar-refractivity contribution is -0.170. The van der Waals surface area contributed by atoms with Crippen molar-refractivity contribution in [2.24, 2.45) is 0 Å². The second-order valence-corrected chi connectivity index (χ2v) is 8.01. The number of methoxy groups -OCH3 is 1. The number of alkyl halides is 3. The van der Waals surface area contributed by atoms with Gasteiger partial charge in [-0.3, -0.25) is 9.59 Å². The highest BCUT2D eigenvalue weighted by atomic mass is 19.4. The number of nitrogens with zero attached hydrogens (tertiary/aromatic N) is 1. The molecule has 1 heterocycles. The van der Waals surface area contributed by atoms with E-state index >= 15 is 0 Å². The third kappa shape index (κ3) is 4.98. The first-order valence-electron chi connectivity index (χ1n) is 10.7. The van der Waals surface area contributed by atoms with E-state index in [1.807, 2.05) is 0 Å². The third-order valence-electron chi connectivity index (χ3n) is 5.83. The predicted octanol–water partition coefficient (Wildman–Crippen LogP) is 0.611. The molecule has 9 nitrogen and oxygen atoms in total. The number of halogens is 3. The van der Waals surface area contributed by atoms with Gasteiger partial charge in [0.25, 0.3) is 0 Å². The van der Waals surface area contributed by atoms with Gasteiger partial charge in [0.05, 0.1) is 32.3 Å². The van der Waals surface area contributed by atoms with Crippen molar-refractivity contribution in [3.05, 3.63) is 34.9 Å². The highest BCUT2D eigenvalue weighted by Crippen LogP contribution is 2.51. The number of ether oxygens (including phenoxy) is 2. The molecule has 0 saturated carbocycles. The SMILES string of the molecule is CCC(=O)N(CC(F)(F)F)[C@@H]1C=C(C(=O)NCCO)[C@@H]2c3cc(CO)cc(OC)c3O[C@@H]2[C@H]1O. The summed E-state index contributed by atoms with van der Waals surface area (Å²) in [6.45, 7) is -1.07. The molecular weight excluding hydrogens is 461 g/mol. The van der Waals surface area contributed by atoms with Gasteiger partial charge in [-0.05, 0) is 23.8 Å². The van der Waals surface area contributed by atoms with E-state index in [-0.39, 0.29) is 43.3 Å². The van der Waals surface area contributed by atoms with Crippen LogP contribution < -0.4 is 14.8 Å². The second kappa shape index (κ2) is 10.2. The number of carbonyl (C=O) groups excluding carboxylic acids is 2. The molecule has 188 valence electrons. The number of fused-ring (bicyclic) bond motifs is 3. The van der Waals surface area contributed by atoms with Gasteiger partial charge >= 0.3 is 6.18 Å². The van der Waals surface area contributed by atoms with Gasteiger partial charge in [-0.1, -0.05) is 6.92 Å². The summed E-state index contributed by atoms with van der Waals surface area (Å²) in [7, 11) is 1.36. The molecule has 12 heteroatoms. The van der Waals surface area contributed by atoms with Crippen LogP contribution in [0.2, 0.25) is 0 Å². The molecule has 2 aliphatic rings. The summed E-state index contributed by atoms with van der Waals surface area (Å²) in [4.78, 5) is 25.9. The largest absolute Gasteiger partial charge is 0.493 e. The Bertz CT molecular complexity index is 967. The van der Waals surface area contributed by atoms with E-state index in [0.29, 0.717) is 16.0 Å². The maximum Gasteiger partial charge on any atom is 0.406 e. The first-order chi connectivity index (χ1) is 16.1. The molecule has 1 aromatic carbocycles. The van der Waals surface area contributed by atoms with Crippen molar-refractivity contribution in [1.82, 2.24) is 10.2 Å². The molecule has 0 spiro atoms. The lowest BCUT2D eigenvalue weighted by Gasteiger charge is -2.40. The quantitative estimate of drug-likeness (QED) is 0.422. The number of nitrogens with one attached hydrogen (secondary N) is 1. The Morgan fingerprint density at radius 2 is 1.97 bits per heavy atom. The van der Waals surface area contributed by atoms with Gasteiger partial charge < -0.3 is 35.0 Å². The minimum atomic E-state index is -4.74. The van der Waals surface area contributed by atoms with E-state index in [2.05, 4.69) is 5.32 Å². The van der Waals surface area contributed by atoms with Crippen LogP contribution >= 0.6 is 0 Å². The Labute approximate surface area is 193 Å². The summed E-state index contributed by atoms with van der Waals surface area (Å²) < 4.78 is 51.1. The molecule has 34 heavy (non-hydrogen) atoms. The molecule has 0 saturated heterocycles. The van der Waals surface area contributed by atoms with Gasteiger partial charge in [-0.2, -0.15) is 13.2 Å². The molecular formula is C22H27F3N2O7. The lowest BCUT2D eigenvalue weighted by atomic mass is 9.77. The van der Waals surface area contributed by atoms with Gasteiger partial charge in [0, 0.05) is 24.1 Å². The van der Waals surface area contributed by atoms with Crippen LogP contribution in [0.25, 0.3) is 0 Å². The van der Waals surface area contributed by atoms with Crippen molar-refractivity contribution < 1.29 is 47.6 Å². The summed E-state index contributed by atoms with van der Waals surface area (Å²) >= 11 is 0. The molecule has 4 atom stereocenters. The molecule has 1 aliphatic heterocycles. The van der Waals surface area contributed by atoms with Crippen LogP contribution in [0.15, 0.2) is 23.8 Å². The number of rotatable bonds is 8. The molecule has 0 bridgehead atoms. The fraction of sp³-hybridized carbons (Fsp3) is 0.545. The van der Waals surface area contributed by atoms with Crippen LogP contribution in [0, 0.1) is 0 Å². The normalized spacial score (nSPS) is 23.4. The minimum Gasteiger partial charge on any atom is -0.493 e. The van der Waals surface area contributed by atoms with Gasteiger partial charge in [0.1, 0.15) is 18.8 Å². The topological polar surface area (TPSA) is 129 Å². The first-order valence-corrected chi connectivity index (χ1v) is 10.7. The highest BCUT2D eigenvalue weighted by molar-refractivity contribution is 5.96. The smallest absolute Gasteiger partial charge is 0.406 e. The standard InChI is InChI=1S/C22H27F3N2O7/c1-3-16(30)27(10-22(23,24)25)14-8-13(21(32)26-4-5-28)17-12-6-11(9-29)7-15(33-2)19(12)34-20(17)18(14)31/h6-8,14,17-18,20,28-29,31H,3-5,9-10H2,1-2H3,(H,26,32)/t14-,17+,18+,20+/m1/s1. The molecule has 0 radical (unpaired) electrons. The van der Waals surface area contributed by atoms with E-state index in [0.717, 1.165) is 6.08 Å². The molecule has 1 aliphatic carbocycles. The van der Waals surface area contributed by atoms with Crippen LogP contribution in [-0.4, -0.2) is 83.3 Å². The molecule has 0 unspecified atom stereocenters. The zero-order chi connectivity index (χ0) is 25.2. The van der Waals surface area contributed by atoms with Crippen LogP contribution in [-0.2, 0) is 16.2 Å². The number of aliphatic hydroxyl groups excluding tert-OH is 3. The van der Waals surface area contributed by atoms with Crippen LogP contribution in [0.5, 0.6) is 11.5 Å². The Balaban J connectivity index is 2.15. The average Bonchev–Trinajstić information content (AvgIpc) is 3.19. The molecule has 1 aromatic rings. The summed E-state index contributed by atoms with van der Waals surface area (Å²) in [5, 5.41) is 32.3. The first kappa shape index (κ1) is 25.8. The second-order valence-electron chi connectivity index (χ2n) is 8.01. The lowest BCUT2D eigenvalue weighted by Crippen LogP contribution is -2.57. The molecule has 0 aromatic heterocycles. The van der Waals surface area contributed by atoms with E-state index < -0.39 is 48.7 Å². The number of carbonyl (C=O) groups is 2. The van der Waals surface area contributed by atoms with Crippen molar-refractivity contribution in [2.75, 3.05) is 26.8 Å². The van der Waals surface area contributed by atoms with E-state index in [4.69, 9.17) is 14.6 Å². The summed E-state index contributed by atoms with van der Waals surface area (Å²) in [6.07, 6.45) is -6.65. The highest BCUT2D eigenvalue weighted by Gasteiger charge is 2.52. The van der Waals surface area contributed by atoms with E-state index in [1.165, 1.54) is 20.1 Å². The Kier molecular flexibility index (Phi) is 7.74. The number of amides is 2. The van der Waals surface area contributed by atoms with Gasteiger partial charge in [0.2, 0.25) is 11.8 Å². The summed E-state index contributed by atoms with van der Waals surface area (Å²) in [6, 6.07) is 1.57. The number of hydrogen-bond donors (Lipinski definition) is 4. The molecule has 0 fully saturated rings. The van der Waals surface area contributed by atoms with Crippen molar-refractivity contribution in [3.63, 3.8) is 0 Å². The molecule has 3 rings (SSSR count). The zero-order valence-corrected chi connectivity index (χ0v) is 18.6. The Hall–Kier alpha value is -2.83. The van der Waals surface area contributed by atoms with Gasteiger partial charge in [-0.15, -0.1) is 0 Å². The Morgan fingerprint density at radius 3 is 2.53 bits per heavy atom. The number of hydrogen-bond acceptors (Lipinski definition) is 7. The maximum atomic E-state index is 13.3.